The molecule has 7 nitrogen and oxygen atoms in total. The molecule has 0 bridgehead atoms. The maximum absolute atomic E-state index is 12.1. The number of H-pyrrole nitrogens is 1. The lowest BCUT2D eigenvalue weighted by molar-refractivity contribution is -0.132. The summed E-state index contributed by atoms with van der Waals surface area (Å²) in [6.07, 6.45) is 5.44. The van der Waals surface area contributed by atoms with Gasteiger partial charge in [0.25, 0.3) is 0 Å². The fourth-order valence-electron chi connectivity index (χ4n) is 2.71. The molecule has 0 saturated heterocycles. The molecule has 2 heterocycles. The third-order valence-corrected chi connectivity index (χ3v) is 4.89. The van der Waals surface area contributed by atoms with E-state index in [1.54, 1.807) is 41.9 Å². The Morgan fingerprint density at radius 3 is 2.86 bits per heavy atom. The van der Waals surface area contributed by atoms with E-state index in [1.165, 1.54) is 20.1 Å². The molecular formula is C21H21N3O4S. The Kier molecular flexibility index (Phi) is 6.80. The molecule has 0 atom stereocenters. The molecule has 29 heavy (non-hydrogen) atoms. The number of aromatic nitrogens is 2. The van der Waals surface area contributed by atoms with Crippen molar-refractivity contribution in [1.82, 2.24) is 15.3 Å². The number of benzene rings is 1. The van der Waals surface area contributed by atoms with Crippen LogP contribution in [0.3, 0.4) is 0 Å². The molecule has 0 aliphatic rings. The minimum absolute atomic E-state index is 0.204. The van der Waals surface area contributed by atoms with Crippen molar-refractivity contribution in [3.05, 3.63) is 59.4 Å². The lowest BCUT2D eigenvalue weighted by Crippen LogP contribution is -2.23. The first-order valence-corrected chi connectivity index (χ1v) is 9.83. The zero-order valence-corrected chi connectivity index (χ0v) is 16.9. The average molecular weight is 411 g/mol. The lowest BCUT2D eigenvalue weighted by atomic mass is 10.2. The van der Waals surface area contributed by atoms with Crippen LogP contribution in [0.5, 0.6) is 11.5 Å². The average Bonchev–Trinajstić information content (AvgIpc) is 3.38. The molecule has 0 aliphatic heterocycles. The van der Waals surface area contributed by atoms with Gasteiger partial charge >= 0.3 is 5.97 Å². The van der Waals surface area contributed by atoms with Crippen LogP contribution in [-0.4, -0.2) is 35.5 Å². The Morgan fingerprint density at radius 1 is 1.28 bits per heavy atom. The molecule has 3 aromatic rings. The molecule has 8 heteroatoms. The second-order valence-corrected chi connectivity index (χ2v) is 7.03. The first-order valence-electron chi connectivity index (χ1n) is 8.95. The van der Waals surface area contributed by atoms with E-state index in [1.807, 2.05) is 17.5 Å². The molecular weight excluding hydrogens is 390 g/mol. The summed E-state index contributed by atoms with van der Waals surface area (Å²) in [6, 6.07) is 9.07. The van der Waals surface area contributed by atoms with Crippen molar-refractivity contribution in [3.63, 3.8) is 0 Å². The highest BCUT2D eigenvalue weighted by molar-refractivity contribution is 7.13. The number of carbonyl (C=O) groups is 2. The Bertz CT molecular complexity index is 1010. The summed E-state index contributed by atoms with van der Waals surface area (Å²) in [6.45, 7) is 1.81. The number of nitrogens with one attached hydrogen (secondary N) is 2. The summed E-state index contributed by atoms with van der Waals surface area (Å²) in [5.74, 6) is 0.126. The SMILES string of the molecule is COc1cc(/C=C/C(=O)NCCc2[nH]cnc2-c2cccs2)ccc1OC(C)=O. The van der Waals surface area contributed by atoms with Crippen LogP contribution in [0.4, 0.5) is 0 Å². The quantitative estimate of drug-likeness (QED) is 0.336. The van der Waals surface area contributed by atoms with Gasteiger partial charge in [0, 0.05) is 31.7 Å². The number of nitrogens with zero attached hydrogens (tertiary/aromatic N) is 1. The smallest absolute Gasteiger partial charge is 0.308 e. The summed E-state index contributed by atoms with van der Waals surface area (Å²) < 4.78 is 10.3. The van der Waals surface area contributed by atoms with Crippen molar-refractivity contribution < 1.29 is 19.1 Å². The number of amides is 1. The van der Waals surface area contributed by atoms with E-state index in [0.717, 1.165) is 21.8 Å². The van der Waals surface area contributed by atoms with Crippen LogP contribution in [0.2, 0.25) is 0 Å². The minimum atomic E-state index is -0.425. The van der Waals surface area contributed by atoms with Crippen LogP contribution in [0.25, 0.3) is 16.6 Å². The number of methoxy groups -OCH3 is 1. The van der Waals surface area contributed by atoms with Gasteiger partial charge < -0.3 is 19.8 Å². The van der Waals surface area contributed by atoms with Crippen molar-refractivity contribution in [2.24, 2.45) is 0 Å². The summed E-state index contributed by atoms with van der Waals surface area (Å²) in [5.41, 5.74) is 2.66. The number of ether oxygens (including phenoxy) is 2. The standard InChI is InChI=1S/C21H21N3O4S/c1-14(25)28-17-7-5-15(12-18(17)27-2)6-8-20(26)22-10-9-16-21(24-13-23-16)19-4-3-11-29-19/h3-8,11-13H,9-10H2,1-2H3,(H,22,26)(H,23,24)/b8-6+. The fourth-order valence-corrected chi connectivity index (χ4v) is 3.45. The molecule has 0 saturated carbocycles. The first-order chi connectivity index (χ1) is 14.1. The summed E-state index contributed by atoms with van der Waals surface area (Å²) in [4.78, 5) is 31.8. The van der Waals surface area contributed by atoms with E-state index >= 15 is 0 Å². The third kappa shape index (κ3) is 5.55. The number of rotatable bonds is 8. The van der Waals surface area contributed by atoms with E-state index in [9.17, 15) is 9.59 Å². The van der Waals surface area contributed by atoms with Crippen LogP contribution in [0.1, 0.15) is 18.2 Å². The molecule has 1 amide bonds. The maximum Gasteiger partial charge on any atom is 0.308 e. The zero-order valence-electron chi connectivity index (χ0n) is 16.1. The number of esters is 1. The van der Waals surface area contributed by atoms with Crippen molar-refractivity contribution >= 4 is 29.3 Å². The topological polar surface area (TPSA) is 93.3 Å². The van der Waals surface area contributed by atoms with E-state index in [2.05, 4.69) is 15.3 Å². The van der Waals surface area contributed by atoms with E-state index < -0.39 is 5.97 Å². The van der Waals surface area contributed by atoms with Gasteiger partial charge in [-0.3, -0.25) is 9.59 Å². The Hall–Kier alpha value is -3.39. The predicted octanol–water partition coefficient (Wildman–Crippen LogP) is 3.44. The van der Waals surface area contributed by atoms with Crippen LogP contribution in [-0.2, 0) is 16.0 Å². The van der Waals surface area contributed by atoms with Gasteiger partial charge in [-0.25, -0.2) is 4.98 Å². The van der Waals surface area contributed by atoms with E-state index in [0.29, 0.717) is 24.5 Å². The van der Waals surface area contributed by atoms with Gasteiger partial charge in [-0.2, -0.15) is 0 Å². The summed E-state index contributed by atoms with van der Waals surface area (Å²) in [5, 5.41) is 4.87. The van der Waals surface area contributed by atoms with Gasteiger partial charge in [0.2, 0.25) is 5.91 Å². The van der Waals surface area contributed by atoms with Crippen LogP contribution in [0, 0.1) is 0 Å². The molecule has 0 aliphatic carbocycles. The first kappa shape index (κ1) is 20.3. The number of aromatic amines is 1. The highest BCUT2D eigenvalue weighted by atomic mass is 32.1. The lowest BCUT2D eigenvalue weighted by Gasteiger charge is -2.08. The molecule has 1 aromatic carbocycles. The van der Waals surface area contributed by atoms with E-state index in [-0.39, 0.29) is 5.91 Å². The number of thiophene rings is 1. The van der Waals surface area contributed by atoms with Crippen molar-refractivity contribution in [1.29, 1.82) is 0 Å². The second kappa shape index (κ2) is 9.70. The number of carbonyl (C=O) groups excluding carboxylic acids is 2. The summed E-state index contributed by atoms with van der Waals surface area (Å²) in [7, 11) is 1.49. The van der Waals surface area contributed by atoms with Gasteiger partial charge in [-0.05, 0) is 35.2 Å². The normalized spacial score (nSPS) is 10.8. The predicted molar refractivity (Wildman–Crippen MR) is 112 cm³/mol. The van der Waals surface area contributed by atoms with Crippen molar-refractivity contribution in [2.45, 2.75) is 13.3 Å². The maximum atomic E-state index is 12.1. The molecule has 2 N–H and O–H groups in total. The Balaban J connectivity index is 1.54. The summed E-state index contributed by atoms with van der Waals surface area (Å²) >= 11 is 1.63. The monoisotopic (exact) mass is 411 g/mol. The minimum Gasteiger partial charge on any atom is -0.493 e. The fraction of sp³-hybridized carbons (Fsp3) is 0.190. The number of hydrogen-bond acceptors (Lipinski definition) is 6. The van der Waals surface area contributed by atoms with Gasteiger partial charge in [0.15, 0.2) is 11.5 Å². The molecule has 3 rings (SSSR count). The van der Waals surface area contributed by atoms with Crippen LogP contribution < -0.4 is 14.8 Å². The van der Waals surface area contributed by atoms with Crippen LogP contribution >= 0.6 is 11.3 Å². The Morgan fingerprint density at radius 2 is 2.14 bits per heavy atom. The Labute approximate surface area is 172 Å². The third-order valence-electron chi connectivity index (χ3n) is 4.02. The van der Waals surface area contributed by atoms with Crippen molar-refractivity contribution in [2.75, 3.05) is 13.7 Å². The number of hydrogen-bond donors (Lipinski definition) is 2. The number of imidazole rings is 1. The van der Waals surface area contributed by atoms with Crippen LogP contribution in [0.15, 0.2) is 48.1 Å². The zero-order chi connectivity index (χ0) is 20.6. The van der Waals surface area contributed by atoms with Gasteiger partial charge in [-0.15, -0.1) is 11.3 Å². The molecule has 0 unspecified atom stereocenters. The highest BCUT2D eigenvalue weighted by Crippen LogP contribution is 2.28. The molecule has 0 radical (unpaired) electrons. The highest BCUT2D eigenvalue weighted by Gasteiger charge is 2.10. The molecule has 0 fully saturated rings. The molecule has 150 valence electrons. The van der Waals surface area contributed by atoms with Crippen molar-refractivity contribution in [3.8, 4) is 22.1 Å². The largest absolute Gasteiger partial charge is 0.493 e. The molecule has 0 spiro atoms. The van der Waals surface area contributed by atoms with Gasteiger partial charge in [0.1, 0.15) is 5.69 Å². The van der Waals surface area contributed by atoms with Gasteiger partial charge in [-0.1, -0.05) is 12.1 Å². The van der Waals surface area contributed by atoms with E-state index in [4.69, 9.17) is 9.47 Å². The van der Waals surface area contributed by atoms with Gasteiger partial charge in [0.05, 0.1) is 18.3 Å². The second-order valence-electron chi connectivity index (χ2n) is 6.09. The molecule has 2 aromatic heterocycles.